The van der Waals surface area contributed by atoms with Crippen LogP contribution in [0.3, 0.4) is 0 Å². The van der Waals surface area contributed by atoms with Gasteiger partial charge in [0.05, 0.1) is 23.1 Å². The number of pyridine rings is 1. The molecule has 1 aliphatic rings. The first-order valence-corrected chi connectivity index (χ1v) is 11.5. The van der Waals surface area contributed by atoms with Gasteiger partial charge in [0.15, 0.2) is 5.65 Å². The minimum Gasteiger partial charge on any atom is -0.383 e. The number of nitrogens with two attached hydrogens (primary N) is 1. The molecule has 2 amide bonds. The van der Waals surface area contributed by atoms with E-state index >= 15 is 0 Å². The van der Waals surface area contributed by atoms with Gasteiger partial charge < -0.3 is 16.0 Å². The number of nitrogens with one attached hydrogen (secondary N) is 1. The van der Waals surface area contributed by atoms with Gasteiger partial charge in [-0.1, -0.05) is 18.1 Å². The monoisotopic (exact) mass is 491 g/mol. The predicted molar refractivity (Wildman–Crippen MR) is 136 cm³/mol. The van der Waals surface area contributed by atoms with Crippen molar-refractivity contribution in [3.05, 3.63) is 60.0 Å². The Labute approximate surface area is 212 Å². The summed E-state index contributed by atoms with van der Waals surface area (Å²) in [7, 11) is 0. The van der Waals surface area contributed by atoms with Crippen LogP contribution >= 0.6 is 0 Å². The van der Waals surface area contributed by atoms with Crippen LogP contribution in [0.1, 0.15) is 35.3 Å². The van der Waals surface area contributed by atoms with Crippen LogP contribution in [0.5, 0.6) is 0 Å². The number of amides is 2. The minimum absolute atomic E-state index is 0.0881. The molecule has 5 rings (SSSR count). The van der Waals surface area contributed by atoms with Gasteiger partial charge in [0.1, 0.15) is 23.7 Å². The standard InChI is InChI=1S/C26H21N9O2/c1-2-3-21(36)34-11-9-19(14-34)35-25-22(24(28)30-15-31-25)23(33-35)17-4-6-18(7-5-17)26(37)32-20-12-16(13-27)8-10-29-20/h4-8,10,12,15,19H,9,11,14H2,1H3,(H2,28,30,31)(H,29,32,37)/t19-/m1/s1. The average Bonchev–Trinajstić information content (AvgIpc) is 3.55. The topological polar surface area (TPSA) is 156 Å². The van der Waals surface area contributed by atoms with Crippen molar-refractivity contribution in [3.63, 3.8) is 0 Å². The van der Waals surface area contributed by atoms with Crippen LogP contribution in [0.25, 0.3) is 22.3 Å². The van der Waals surface area contributed by atoms with Gasteiger partial charge in [-0.2, -0.15) is 10.4 Å². The summed E-state index contributed by atoms with van der Waals surface area (Å²) < 4.78 is 1.80. The number of fused-ring (bicyclic) bond motifs is 1. The first kappa shape index (κ1) is 23.5. The second-order valence-corrected chi connectivity index (χ2v) is 8.39. The van der Waals surface area contributed by atoms with Crippen molar-refractivity contribution in [2.24, 2.45) is 0 Å². The summed E-state index contributed by atoms with van der Waals surface area (Å²) in [5.41, 5.74) is 8.93. The molecule has 0 bridgehead atoms. The molecule has 1 atom stereocenters. The maximum atomic E-state index is 12.7. The second kappa shape index (κ2) is 9.76. The van der Waals surface area contributed by atoms with E-state index in [0.29, 0.717) is 53.2 Å². The fraction of sp³-hybridized carbons (Fsp3) is 0.192. The zero-order valence-corrected chi connectivity index (χ0v) is 19.8. The third kappa shape index (κ3) is 4.54. The van der Waals surface area contributed by atoms with E-state index in [1.165, 1.54) is 18.6 Å². The molecule has 37 heavy (non-hydrogen) atoms. The summed E-state index contributed by atoms with van der Waals surface area (Å²) in [4.78, 5) is 39.3. The Morgan fingerprint density at radius 1 is 1.16 bits per heavy atom. The van der Waals surface area contributed by atoms with E-state index in [-0.39, 0.29) is 23.7 Å². The molecule has 3 aromatic heterocycles. The third-order valence-electron chi connectivity index (χ3n) is 6.10. The number of anilines is 2. The van der Waals surface area contributed by atoms with Crippen molar-refractivity contribution < 1.29 is 9.59 Å². The SMILES string of the molecule is CC#CC(=O)N1CC[C@@H](n2nc(-c3ccc(C(=O)Nc4cc(C#N)ccn4)cc3)c3c(N)ncnc32)C1. The highest BCUT2D eigenvalue weighted by atomic mass is 16.2. The average molecular weight is 492 g/mol. The molecular formula is C26H21N9O2. The molecule has 0 aliphatic carbocycles. The number of carbonyl (C=O) groups excluding carboxylic acids is 2. The van der Waals surface area contributed by atoms with Crippen molar-refractivity contribution >= 4 is 34.5 Å². The van der Waals surface area contributed by atoms with Crippen LogP contribution in [0, 0.1) is 23.2 Å². The maximum Gasteiger partial charge on any atom is 0.298 e. The molecule has 1 aliphatic heterocycles. The molecule has 11 nitrogen and oxygen atoms in total. The number of benzene rings is 1. The van der Waals surface area contributed by atoms with Gasteiger partial charge in [0.25, 0.3) is 11.8 Å². The normalized spacial score (nSPS) is 14.6. The summed E-state index contributed by atoms with van der Waals surface area (Å²) in [6.45, 7) is 2.68. The first-order valence-electron chi connectivity index (χ1n) is 11.5. The lowest BCUT2D eigenvalue weighted by Gasteiger charge is -2.14. The molecule has 1 fully saturated rings. The van der Waals surface area contributed by atoms with E-state index in [0.717, 1.165) is 5.56 Å². The van der Waals surface area contributed by atoms with E-state index in [1.807, 2.05) is 6.07 Å². The Hall–Kier alpha value is -5.29. The lowest BCUT2D eigenvalue weighted by Crippen LogP contribution is -2.28. The molecule has 0 saturated carbocycles. The molecule has 0 radical (unpaired) electrons. The lowest BCUT2D eigenvalue weighted by atomic mass is 10.1. The smallest absolute Gasteiger partial charge is 0.298 e. The van der Waals surface area contributed by atoms with Gasteiger partial charge in [0, 0.05) is 30.4 Å². The highest BCUT2D eigenvalue weighted by molar-refractivity contribution is 6.04. The molecule has 1 saturated heterocycles. The molecule has 0 spiro atoms. The van der Waals surface area contributed by atoms with E-state index < -0.39 is 0 Å². The summed E-state index contributed by atoms with van der Waals surface area (Å²) in [5.74, 6) is 5.24. The Balaban J connectivity index is 1.43. The van der Waals surface area contributed by atoms with Gasteiger partial charge in [-0.05, 0) is 43.5 Å². The zero-order chi connectivity index (χ0) is 25.9. The van der Waals surface area contributed by atoms with Gasteiger partial charge in [0.2, 0.25) is 0 Å². The number of aromatic nitrogens is 5. The molecule has 0 unspecified atom stereocenters. The summed E-state index contributed by atoms with van der Waals surface area (Å²) in [6, 6.07) is 11.9. The lowest BCUT2D eigenvalue weighted by molar-refractivity contribution is -0.124. The zero-order valence-electron chi connectivity index (χ0n) is 19.8. The van der Waals surface area contributed by atoms with Crippen molar-refractivity contribution in [1.82, 2.24) is 29.6 Å². The number of nitriles is 1. The molecule has 1 aromatic carbocycles. The molecule has 4 aromatic rings. The molecule has 182 valence electrons. The molecule has 4 heterocycles. The quantitative estimate of drug-likeness (QED) is 0.412. The Morgan fingerprint density at radius 2 is 1.97 bits per heavy atom. The van der Waals surface area contributed by atoms with Crippen LogP contribution in [-0.2, 0) is 4.79 Å². The highest BCUT2D eigenvalue weighted by Crippen LogP contribution is 2.34. The van der Waals surface area contributed by atoms with Crippen molar-refractivity contribution in [1.29, 1.82) is 5.26 Å². The van der Waals surface area contributed by atoms with Gasteiger partial charge in [-0.15, -0.1) is 0 Å². The van der Waals surface area contributed by atoms with Crippen LogP contribution in [0.2, 0.25) is 0 Å². The maximum absolute atomic E-state index is 12.7. The number of hydrogen-bond donors (Lipinski definition) is 2. The van der Waals surface area contributed by atoms with Crippen LogP contribution in [-0.4, -0.2) is 54.5 Å². The van der Waals surface area contributed by atoms with Gasteiger partial charge in [-0.3, -0.25) is 9.59 Å². The molecular weight excluding hydrogens is 470 g/mol. The Bertz CT molecular complexity index is 1620. The largest absolute Gasteiger partial charge is 0.383 e. The fourth-order valence-electron chi connectivity index (χ4n) is 4.30. The van der Waals surface area contributed by atoms with Gasteiger partial charge >= 0.3 is 0 Å². The Kier molecular flexibility index (Phi) is 6.18. The number of nitrogens with zero attached hydrogens (tertiary/aromatic N) is 7. The second-order valence-electron chi connectivity index (χ2n) is 8.39. The minimum atomic E-state index is -0.363. The predicted octanol–water partition coefficient (Wildman–Crippen LogP) is 2.39. The molecule has 11 heteroatoms. The number of nitrogen functional groups attached to an aromatic ring is 1. The van der Waals surface area contributed by atoms with Crippen LogP contribution < -0.4 is 11.1 Å². The summed E-state index contributed by atoms with van der Waals surface area (Å²) >= 11 is 0. The van der Waals surface area contributed by atoms with E-state index in [1.54, 1.807) is 46.8 Å². The number of rotatable bonds is 4. The van der Waals surface area contributed by atoms with Gasteiger partial charge in [-0.25, -0.2) is 19.6 Å². The van der Waals surface area contributed by atoms with E-state index in [4.69, 9.17) is 16.1 Å². The van der Waals surface area contributed by atoms with Crippen molar-refractivity contribution in [2.75, 3.05) is 24.1 Å². The van der Waals surface area contributed by atoms with Crippen LogP contribution in [0.4, 0.5) is 11.6 Å². The number of likely N-dealkylation sites (tertiary alicyclic amines) is 1. The van der Waals surface area contributed by atoms with Crippen molar-refractivity contribution in [3.8, 4) is 29.2 Å². The Morgan fingerprint density at radius 3 is 2.73 bits per heavy atom. The van der Waals surface area contributed by atoms with Crippen LogP contribution in [0.15, 0.2) is 48.9 Å². The first-order chi connectivity index (χ1) is 18.0. The fourth-order valence-corrected chi connectivity index (χ4v) is 4.30. The number of carbonyl (C=O) groups is 2. The third-order valence-corrected chi connectivity index (χ3v) is 6.10. The highest BCUT2D eigenvalue weighted by Gasteiger charge is 2.30. The summed E-state index contributed by atoms with van der Waals surface area (Å²) in [6.07, 6.45) is 3.56. The van der Waals surface area contributed by atoms with E-state index in [9.17, 15) is 9.59 Å². The van der Waals surface area contributed by atoms with Crippen molar-refractivity contribution in [2.45, 2.75) is 19.4 Å². The molecule has 3 N–H and O–H groups in total. The number of hydrogen-bond acceptors (Lipinski definition) is 8. The van der Waals surface area contributed by atoms with E-state index in [2.05, 4.69) is 32.1 Å². The summed E-state index contributed by atoms with van der Waals surface area (Å²) in [5, 5.41) is 17.2.